The van der Waals surface area contributed by atoms with Gasteiger partial charge in [-0.15, -0.1) is 0 Å². The molecule has 3 rings (SSSR count). The number of nitrogens with zero attached hydrogens (tertiary/aromatic N) is 1. The lowest BCUT2D eigenvalue weighted by Gasteiger charge is -2.10. The molecule has 2 aromatic carbocycles. The van der Waals surface area contributed by atoms with Gasteiger partial charge in [0.25, 0.3) is 5.91 Å². The van der Waals surface area contributed by atoms with Gasteiger partial charge in [-0.3, -0.25) is 4.79 Å². The van der Waals surface area contributed by atoms with E-state index in [2.05, 4.69) is 67.9 Å². The van der Waals surface area contributed by atoms with E-state index in [0.29, 0.717) is 5.92 Å². The summed E-state index contributed by atoms with van der Waals surface area (Å²) in [6.07, 6.45) is 1.000. The van der Waals surface area contributed by atoms with Crippen molar-refractivity contribution in [1.82, 2.24) is 9.88 Å². The third kappa shape index (κ3) is 3.82. The Morgan fingerprint density at radius 1 is 1.08 bits per heavy atom. The Bertz CT molecular complexity index is 907. The summed E-state index contributed by atoms with van der Waals surface area (Å²) in [6, 6.07) is 16.5. The second-order valence-electron chi connectivity index (χ2n) is 7.45. The number of rotatable bonds is 6. The van der Waals surface area contributed by atoms with Gasteiger partial charge in [-0.25, -0.2) is 0 Å². The van der Waals surface area contributed by atoms with Crippen LogP contribution in [0.4, 0.5) is 0 Å². The van der Waals surface area contributed by atoms with E-state index in [4.69, 9.17) is 0 Å². The molecule has 0 aliphatic rings. The first-order valence-corrected chi connectivity index (χ1v) is 9.39. The van der Waals surface area contributed by atoms with Crippen molar-refractivity contribution in [2.75, 3.05) is 6.54 Å². The summed E-state index contributed by atoms with van der Waals surface area (Å²) in [5, 5.41) is 4.19. The van der Waals surface area contributed by atoms with Crippen molar-refractivity contribution in [2.24, 2.45) is 5.92 Å². The van der Waals surface area contributed by atoms with Crippen LogP contribution in [0.2, 0.25) is 0 Å². The quantitative estimate of drug-likeness (QED) is 0.662. The monoisotopic (exact) mass is 348 g/mol. The molecular weight excluding hydrogens is 320 g/mol. The number of aromatic nitrogens is 1. The third-order valence-corrected chi connectivity index (χ3v) is 5.09. The van der Waals surface area contributed by atoms with Crippen LogP contribution in [0.5, 0.6) is 0 Å². The average Bonchev–Trinajstić information content (AvgIpc) is 2.87. The fraction of sp³-hybridized carbons (Fsp3) is 0.348. The molecule has 3 aromatic rings. The molecule has 3 nitrogen and oxygen atoms in total. The van der Waals surface area contributed by atoms with Crippen molar-refractivity contribution in [2.45, 2.75) is 40.7 Å². The van der Waals surface area contributed by atoms with Gasteiger partial charge >= 0.3 is 0 Å². The lowest BCUT2D eigenvalue weighted by atomic mass is 10.1. The van der Waals surface area contributed by atoms with Crippen LogP contribution < -0.4 is 5.32 Å². The summed E-state index contributed by atoms with van der Waals surface area (Å²) >= 11 is 0. The number of carbonyl (C=O) groups is 1. The van der Waals surface area contributed by atoms with Crippen LogP contribution in [0.3, 0.4) is 0 Å². The summed E-state index contributed by atoms with van der Waals surface area (Å²) in [5.74, 6) is 0.607. The van der Waals surface area contributed by atoms with E-state index >= 15 is 0 Å². The van der Waals surface area contributed by atoms with Gasteiger partial charge in [0.15, 0.2) is 0 Å². The summed E-state index contributed by atoms with van der Waals surface area (Å²) in [7, 11) is 0. The second kappa shape index (κ2) is 7.77. The second-order valence-corrected chi connectivity index (χ2v) is 7.45. The number of hydrogen-bond donors (Lipinski definition) is 1. The molecule has 0 unspecified atom stereocenters. The number of fused-ring (bicyclic) bond motifs is 1. The topological polar surface area (TPSA) is 34.0 Å². The van der Waals surface area contributed by atoms with E-state index in [1.807, 2.05) is 18.2 Å². The van der Waals surface area contributed by atoms with E-state index < -0.39 is 0 Å². The van der Waals surface area contributed by atoms with Crippen molar-refractivity contribution < 1.29 is 4.79 Å². The Kier molecular flexibility index (Phi) is 5.46. The molecule has 0 atom stereocenters. The summed E-state index contributed by atoms with van der Waals surface area (Å²) in [5.41, 5.74) is 5.70. The van der Waals surface area contributed by atoms with E-state index in [-0.39, 0.29) is 5.91 Å². The molecule has 0 aliphatic heterocycles. The van der Waals surface area contributed by atoms with Crippen LogP contribution in [0.1, 0.15) is 47.4 Å². The number of amides is 1. The van der Waals surface area contributed by atoms with Crippen LogP contribution in [0.15, 0.2) is 48.5 Å². The molecule has 1 amide bonds. The van der Waals surface area contributed by atoms with Gasteiger partial charge in [-0.05, 0) is 55.5 Å². The van der Waals surface area contributed by atoms with Crippen molar-refractivity contribution >= 4 is 16.8 Å². The summed E-state index contributed by atoms with van der Waals surface area (Å²) in [6.45, 7) is 10.2. The minimum Gasteiger partial charge on any atom is -0.352 e. The minimum absolute atomic E-state index is 0.0143. The average molecular weight is 348 g/mol. The number of carbonyl (C=O) groups excluding carboxylic acids is 1. The predicted molar refractivity (Wildman–Crippen MR) is 109 cm³/mol. The van der Waals surface area contributed by atoms with E-state index in [1.54, 1.807) is 0 Å². The third-order valence-electron chi connectivity index (χ3n) is 5.09. The van der Waals surface area contributed by atoms with Gasteiger partial charge in [0.1, 0.15) is 0 Å². The molecule has 1 heterocycles. The molecule has 136 valence electrons. The zero-order valence-corrected chi connectivity index (χ0v) is 16.2. The first-order valence-electron chi connectivity index (χ1n) is 9.39. The SMILES string of the molecule is Cc1c(C)n(Cc2ccccc2)c2ccc(C(=O)NCCC(C)C)cc12. The number of nitrogens with one attached hydrogen (secondary N) is 1. The number of hydrogen-bond acceptors (Lipinski definition) is 1. The molecule has 0 aliphatic carbocycles. The first-order chi connectivity index (χ1) is 12.5. The molecule has 0 bridgehead atoms. The predicted octanol–water partition coefficient (Wildman–Crippen LogP) is 5.08. The fourth-order valence-corrected chi connectivity index (χ4v) is 3.34. The Morgan fingerprint density at radius 3 is 2.50 bits per heavy atom. The molecule has 0 saturated carbocycles. The molecule has 26 heavy (non-hydrogen) atoms. The highest BCUT2D eigenvalue weighted by Crippen LogP contribution is 2.27. The summed E-state index contributed by atoms with van der Waals surface area (Å²) in [4.78, 5) is 12.4. The van der Waals surface area contributed by atoms with Crippen LogP contribution in [0.25, 0.3) is 10.9 Å². The van der Waals surface area contributed by atoms with E-state index in [9.17, 15) is 4.79 Å². The zero-order chi connectivity index (χ0) is 18.7. The Morgan fingerprint density at radius 2 is 1.81 bits per heavy atom. The lowest BCUT2D eigenvalue weighted by Crippen LogP contribution is -2.25. The van der Waals surface area contributed by atoms with Gasteiger partial charge in [-0.1, -0.05) is 44.2 Å². The van der Waals surface area contributed by atoms with Gasteiger partial charge in [0.2, 0.25) is 0 Å². The van der Waals surface area contributed by atoms with Gasteiger partial charge in [0, 0.05) is 35.2 Å². The molecule has 1 aromatic heterocycles. The van der Waals surface area contributed by atoms with Crippen LogP contribution >= 0.6 is 0 Å². The number of aryl methyl sites for hydroxylation is 1. The minimum atomic E-state index is 0.0143. The molecular formula is C23H28N2O. The van der Waals surface area contributed by atoms with Crippen molar-refractivity contribution in [1.29, 1.82) is 0 Å². The van der Waals surface area contributed by atoms with Gasteiger partial charge < -0.3 is 9.88 Å². The highest BCUT2D eigenvalue weighted by molar-refractivity contribution is 5.99. The van der Waals surface area contributed by atoms with Crippen molar-refractivity contribution in [3.8, 4) is 0 Å². The largest absolute Gasteiger partial charge is 0.352 e. The smallest absolute Gasteiger partial charge is 0.251 e. The maximum Gasteiger partial charge on any atom is 0.251 e. The standard InChI is InChI=1S/C23H28N2O/c1-16(2)12-13-24-23(26)20-10-11-22-21(14-20)17(3)18(4)25(22)15-19-8-6-5-7-9-19/h5-11,14,16H,12-13,15H2,1-4H3,(H,24,26). The van der Waals surface area contributed by atoms with Crippen molar-refractivity contribution in [3.63, 3.8) is 0 Å². The lowest BCUT2D eigenvalue weighted by molar-refractivity contribution is 0.0952. The van der Waals surface area contributed by atoms with Crippen LogP contribution in [-0.4, -0.2) is 17.0 Å². The Balaban J connectivity index is 1.88. The Labute approximate surface area is 156 Å². The van der Waals surface area contributed by atoms with Gasteiger partial charge in [0.05, 0.1) is 0 Å². The van der Waals surface area contributed by atoms with E-state index in [1.165, 1.54) is 22.3 Å². The molecule has 0 spiro atoms. The molecule has 3 heteroatoms. The zero-order valence-electron chi connectivity index (χ0n) is 16.2. The highest BCUT2D eigenvalue weighted by Gasteiger charge is 2.14. The summed E-state index contributed by atoms with van der Waals surface area (Å²) < 4.78 is 2.33. The maximum atomic E-state index is 12.4. The highest BCUT2D eigenvalue weighted by atomic mass is 16.1. The maximum absolute atomic E-state index is 12.4. The molecule has 0 saturated heterocycles. The first kappa shape index (κ1) is 18.2. The molecule has 0 radical (unpaired) electrons. The molecule has 0 fully saturated rings. The normalized spacial score (nSPS) is 11.3. The van der Waals surface area contributed by atoms with Gasteiger partial charge in [-0.2, -0.15) is 0 Å². The Hall–Kier alpha value is -2.55. The number of benzene rings is 2. The van der Waals surface area contributed by atoms with Crippen molar-refractivity contribution in [3.05, 3.63) is 70.9 Å². The van der Waals surface area contributed by atoms with E-state index in [0.717, 1.165) is 30.5 Å². The van der Waals surface area contributed by atoms with Crippen LogP contribution in [0, 0.1) is 19.8 Å². The molecule has 1 N–H and O–H groups in total. The van der Waals surface area contributed by atoms with Crippen LogP contribution in [-0.2, 0) is 6.54 Å². The fourth-order valence-electron chi connectivity index (χ4n) is 3.34.